The molecule has 0 aliphatic carbocycles. The predicted octanol–water partition coefficient (Wildman–Crippen LogP) is 4.45. The molecule has 0 fully saturated rings. The molecule has 0 spiro atoms. The second kappa shape index (κ2) is 5.74. The summed E-state index contributed by atoms with van der Waals surface area (Å²) in [5.41, 5.74) is 3.55. The van der Waals surface area contributed by atoms with E-state index in [1.165, 1.54) is 10.9 Å². The van der Waals surface area contributed by atoms with Crippen LogP contribution >= 0.6 is 0 Å². The Morgan fingerprint density at radius 3 is 2.70 bits per heavy atom. The number of rotatable bonds is 4. The van der Waals surface area contributed by atoms with E-state index in [4.69, 9.17) is 0 Å². The normalized spacial score (nSPS) is 12.2. The quantitative estimate of drug-likeness (QED) is 0.751. The topological polar surface area (TPSA) is 24.9 Å². The van der Waals surface area contributed by atoms with Crippen LogP contribution in [0.5, 0.6) is 0 Å². The molecule has 0 bridgehead atoms. The monoisotopic (exact) mass is 262 g/mol. The van der Waals surface area contributed by atoms with Crippen LogP contribution in [-0.4, -0.2) is 11.5 Å². The van der Waals surface area contributed by atoms with E-state index in [1.54, 1.807) is 0 Å². The highest BCUT2D eigenvalue weighted by atomic mass is 14.9. The predicted molar refractivity (Wildman–Crippen MR) is 85.1 cm³/mol. The molecule has 100 valence electrons. The highest BCUT2D eigenvalue weighted by molar-refractivity contribution is 5.82. The molecule has 2 heteroatoms. The van der Waals surface area contributed by atoms with Crippen molar-refractivity contribution in [3.05, 3.63) is 72.4 Å². The van der Waals surface area contributed by atoms with Crippen molar-refractivity contribution >= 4 is 16.6 Å². The van der Waals surface area contributed by atoms with Crippen molar-refractivity contribution < 1.29 is 0 Å². The number of aromatic nitrogens is 1. The lowest BCUT2D eigenvalue weighted by atomic mass is 10.0. The third-order valence-electron chi connectivity index (χ3n) is 3.58. The fourth-order valence-corrected chi connectivity index (χ4v) is 2.36. The lowest BCUT2D eigenvalue weighted by Crippen LogP contribution is -2.09. The highest BCUT2D eigenvalue weighted by Crippen LogP contribution is 2.19. The minimum Gasteiger partial charge on any atom is -0.384 e. The van der Waals surface area contributed by atoms with Gasteiger partial charge in [-0.15, -0.1) is 0 Å². The van der Waals surface area contributed by atoms with Gasteiger partial charge in [0.25, 0.3) is 0 Å². The smallest absolute Gasteiger partial charge is 0.0703 e. The molecule has 0 aliphatic rings. The molecule has 3 aromatic rings. The fourth-order valence-electron chi connectivity index (χ4n) is 2.36. The molecule has 0 amide bonds. The molecule has 0 aliphatic heterocycles. The summed E-state index contributed by atoms with van der Waals surface area (Å²) in [4.78, 5) is 4.34. The van der Waals surface area contributed by atoms with Gasteiger partial charge in [-0.1, -0.05) is 43.3 Å². The first-order chi connectivity index (χ1) is 9.83. The van der Waals surface area contributed by atoms with Gasteiger partial charge in [0.15, 0.2) is 0 Å². The summed E-state index contributed by atoms with van der Waals surface area (Å²) in [7, 11) is 0. The van der Waals surface area contributed by atoms with Crippen molar-refractivity contribution in [2.45, 2.75) is 12.8 Å². The van der Waals surface area contributed by atoms with Gasteiger partial charge in [-0.25, -0.2) is 0 Å². The summed E-state index contributed by atoms with van der Waals surface area (Å²) in [6.07, 6.45) is 1.83. The Labute approximate surface area is 119 Å². The highest BCUT2D eigenvalue weighted by Gasteiger charge is 2.04. The lowest BCUT2D eigenvalue weighted by molar-refractivity contribution is 0.805. The zero-order chi connectivity index (χ0) is 13.8. The van der Waals surface area contributed by atoms with E-state index < -0.39 is 0 Å². The number of nitrogens with zero attached hydrogens (tertiary/aromatic N) is 1. The molecule has 20 heavy (non-hydrogen) atoms. The Balaban J connectivity index is 1.70. The van der Waals surface area contributed by atoms with E-state index in [2.05, 4.69) is 71.8 Å². The maximum Gasteiger partial charge on any atom is 0.0703 e. The molecule has 2 nitrogen and oxygen atoms in total. The molecule has 1 aromatic heterocycles. The van der Waals surface area contributed by atoms with Crippen molar-refractivity contribution in [2.75, 3.05) is 11.9 Å². The van der Waals surface area contributed by atoms with E-state index >= 15 is 0 Å². The maximum absolute atomic E-state index is 4.34. The molecule has 1 N–H and O–H groups in total. The Bertz CT molecular complexity index is 692. The SMILES string of the molecule is CC(CNc1ccc2ncccc2c1)c1ccccc1. The summed E-state index contributed by atoms with van der Waals surface area (Å²) < 4.78 is 0. The number of anilines is 1. The molecule has 0 saturated carbocycles. The van der Waals surface area contributed by atoms with Gasteiger partial charge in [0.05, 0.1) is 5.52 Å². The molecule has 0 saturated heterocycles. The zero-order valence-electron chi connectivity index (χ0n) is 11.6. The van der Waals surface area contributed by atoms with Crippen molar-refractivity contribution in [1.29, 1.82) is 0 Å². The van der Waals surface area contributed by atoms with Gasteiger partial charge in [-0.05, 0) is 35.7 Å². The van der Waals surface area contributed by atoms with Crippen LogP contribution in [0, 0.1) is 0 Å². The van der Waals surface area contributed by atoms with E-state index in [0.29, 0.717) is 5.92 Å². The lowest BCUT2D eigenvalue weighted by Gasteiger charge is -2.14. The summed E-state index contributed by atoms with van der Waals surface area (Å²) >= 11 is 0. The van der Waals surface area contributed by atoms with Gasteiger partial charge in [-0.3, -0.25) is 4.98 Å². The van der Waals surface area contributed by atoms with E-state index in [1.807, 2.05) is 12.3 Å². The van der Waals surface area contributed by atoms with Gasteiger partial charge in [-0.2, -0.15) is 0 Å². The first kappa shape index (κ1) is 12.7. The number of nitrogens with one attached hydrogen (secondary N) is 1. The Kier molecular flexibility index (Phi) is 3.64. The molecular formula is C18H18N2. The van der Waals surface area contributed by atoms with Crippen molar-refractivity contribution in [3.8, 4) is 0 Å². The van der Waals surface area contributed by atoms with Crippen molar-refractivity contribution in [1.82, 2.24) is 4.98 Å². The molecule has 0 radical (unpaired) electrons. The minimum atomic E-state index is 0.487. The molecule has 1 unspecified atom stereocenters. The third kappa shape index (κ3) is 2.80. The van der Waals surface area contributed by atoms with Crippen LogP contribution in [0.25, 0.3) is 10.9 Å². The van der Waals surface area contributed by atoms with Gasteiger partial charge in [0, 0.05) is 23.8 Å². The van der Waals surface area contributed by atoms with Crippen molar-refractivity contribution in [3.63, 3.8) is 0 Å². The largest absolute Gasteiger partial charge is 0.384 e. The molecule has 1 heterocycles. The average Bonchev–Trinajstić information content (AvgIpc) is 2.53. The number of hydrogen-bond acceptors (Lipinski definition) is 2. The Hall–Kier alpha value is -2.35. The van der Waals surface area contributed by atoms with Crippen LogP contribution in [0.1, 0.15) is 18.4 Å². The first-order valence-corrected chi connectivity index (χ1v) is 6.96. The van der Waals surface area contributed by atoms with Gasteiger partial charge < -0.3 is 5.32 Å². The van der Waals surface area contributed by atoms with E-state index in [9.17, 15) is 0 Å². The number of benzene rings is 2. The van der Waals surface area contributed by atoms with Crippen LogP contribution in [0.2, 0.25) is 0 Å². The second-order valence-corrected chi connectivity index (χ2v) is 5.10. The average molecular weight is 262 g/mol. The standard InChI is InChI=1S/C18H18N2/c1-14(15-6-3-2-4-7-15)13-20-17-9-10-18-16(12-17)8-5-11-19-18/h2-12,14,20H,13H2,1H3. The third-order valence-corrected chi connectivity index (χ3v) is 3.58. The Morgan fingerprint density at radius 1 is 1.00 bits per heavy atom. The molecule has 3 rings (SSSR count). The summed E-state index contributed by atoms with van der Waals surface area (Å²) in [6, 6.07) is 21.0. The number of hydrogen-bond donors (Lipinski definition) is 1. The second-order valence-electron chi connectivity index (χ2n) is 5.10. The molecule has 1 atom stereocenters. The Morgan fingerprint density at radius 2 is 1.85 bits per heavy atom. The van der Waals surface area contributed by atoms with Gasteiger partial charge in [0.2, 0.25) is 0 Å². The number of fused-ring (bicyclic) bond motifs is 1. The zero-order valence-corrected chi connectivity index (χ0v) is 11.6. The van der Waals surface area contributed by atoms with E-state index in [-0.39, 0.29) is 0 Å². The van der Waals surface area contributed by atoms with Gasteiger partial charge in [0.1, 0.15) is 0 Å². The summed E-state index contributed by atoms with van der Waals surface area (Å²) in [6.45, 7) is 3.17. The molecular weight excluding hydrogens is 244 g/mol. The van der Waals surface area contributed by atoms with Crippen LogP contribution in [-0.2, 0) is 0 Å². The first-order valence-electron chi connectivity index (χ1n) is 6.96. The number of pyridine rings is 1. The van der Waals surface area contributed by atoms with Gasteiger partial charge >= 0.3 is 0 Å². The van der Waals surface area contributed by atoms with Crippen molar-refractivity contribution in [2.24, 2.45) is 0 Å². The van der Waals surface area contributed by atoms with Crippen LogP contribution < -0.4 is 5.32 Å². The summed E-state index contributed by atoms with van der Waals surface area (Å²) in [5, 5.41) is 4.68. The molecule has 2 aromatic carbocycles. The summed E-state index contributed by atoms with van der Waals surface area (Å²) in [5.74, 6) is 0.487. The van der Waals surface area contributed by atoms with Crippen LogP contribution in [0.4, 0.5) is 5.69 Å². The maximum atomic E-state index is 4.34. The van der Waals surface area contributed by atoms with Crippen LogP contribution in [0.3, 0.4) is 0 Å². The fraction of sp³-hybridized carbons (Fsp3) is 0.167. The van der Waals surface area contributed by atoms with E-state index in [0.717, 1.165) is 17.7 Å². The van der Waals surface area contributed by atoms with Crippen LogP contribution in [0.15, 0.2) is 66.9 Å². The minimum absolute atomic E-state index is 0.487.